The number of alkyl halides is 5. The fraction of sp³-hybridized carbons (Fsp3) is 0.567. The van der Waals surface area contributed by atoms with Gasteiger partial charge in [0.05, 0.1) is 6.04 Å². The summed E-state index contributed by atoms with van der Waals surface area (Å²) in [4.78, 5) is 67.3. The third kappa shape index (κ3) is 9.16. The summed E-state index contributed by atoms with van der Waals surface area (Å²) < 4.78 is 74.7. The molecular formula is C30H37F5N4O7. The molecule has 0 radical (unpaired) electrons. The number of nitrogens with one attached hydrogen (secondary N) is 4. The van der Waals surface area contributed by atoms with Crippen molar-refractivity contribution in [3.8, 4) is 5.75 Å². The third-order valence-corrected chi connectivity index (χ3v) is 7.60. The summed E-state index contributed by atoms with van der Waals surface area (Å²) in [5.41, 5.74) is -2.67. The molecule has 3 rings (SSSR count). The number of carbonyl (C=O) groups excluding carboxylic acids is 5. The Kier molecular flexibility index (Phi) is 11.7. The van der Waals surface area contributed by atoms with E-state index in [4.69, 9.17) is 4.74 Å². The van der Waals surface area contributed by atoms with Crippen LogP contribution in [0.5, 0.6) is 5.75 Å². The number of carbonyl (C=O) groups is 5. The SMILES string of the molecule is CC(C)C[C@H](NC(=O)c1cc2c(OC(F)F)cccc2[nH]1)C(=O)N[C@@H](C[C@@H]1CCCNC1=O)C(=O)COC(=O)C(C)(C)C(F)(F)F. The summed E-state index contributed by atoms with van der Waals surface area (Å²) in [6, 6.07) is 2.86. The molecule has 11 nitrogen and oxygen atoms in total. The van der Waals surface area contributed by atoms with E-state index in [1.807, 2.05) is 0 Å². The number of aromatic amines is 1. The Balaban J connectivity index is 1.81. The smallest absolute Gasteiger partial charge is 0.404 e. The van der Waals surface area contributed by atoms with E-state index >= 15 is 0 Å². The van der Waals surface area contributed by atoms with Crippen LogP contribution in [0.4, 0.5) is 22.0 Å². The fourth-order valence-corrected chi connectivity index (χ4v) is 4.81. The predicted molar refractivity (Wildman–Crippen MR) is 154 cm³/mol. The summed E-state index contributed by atoms with van der Waals surface area (Å²) in [6.07, 6.45) is -4.15. The molecule has 1 aliphatic heterocycles. The molecule has 0 unspecified atom stereocenters. The molecular weight excluding hydrogens is 623 g/mol. The second-order valence-electron chi connectivity index (χ2n) is 12.0. The number of aromatic nitrogens is 1. The van der Waals surface area contributed by atoms with Crippen molar-refractivity contribution in [3.63, 3.8) is 0 Å². The summed E-state index contributed by atoms with van der Waals surface area (Å²) in [6.45, 7) is 0.939. The molecule has 3 atom stereocenters. The van der Waals surface area contributed by atoms with Crippen molar-refractivity contribution in [3.05, 3.63) is 30.0 Å². The van der Waals surface area contributed by atoms with Gasteiger partial charge in [-0.1, -0.05) is 19.9 Å². The zero-order valence-electron chi connectivity index (χ0n) is 25.7. The van der Waals surface area contributed by atoms with Crippen LogP contribution in [0.15, 0.2) is 24.3 Å². The fourth-order valence-electron chi connectivity index (χ4n) is 4.81. The first-order chi connectivity index (χ1) is 21.4. The number of piperidine rings is 1. The number of ketones is 1. The molecule has 0 bridgehead atoms. The quantitative estimate of drug-likeness (QED) is 0.176. The summed E-state index contributed by atoms with van der Waals surface area (Å²) >= 11 is 0. The first-order valence-corrected chi connectivity index (χ1v) is 14.6. The Morgan fingerprint density at radius 3 is 2.37 bits per heavy atom. The highest BCUT2D eigenvalue weighted by Crippen LogP contribution is 2.38. The van der Waals surface area contributed by atoms with Crippen LogP contribution in [-0.4, -0.2) is 72.5 Å². The molecule has 1 aromatic heterocycles. The van der Waals surface area contributed by atoms with Gasteiger partial charge in [0.25, 0.3) is 5.91 Å². The lowest BCUT2D eigenvalue weighted by Gasteiger charge is -2.29. The molecule has 16 heteroatoms. The van der Waals surface area contributed by atoms with Crippen molar-refractivity contribution < 1.29 is 55.4 Å². The highest BCUT2D eigenvalue weighted by Gasteiger charge is 2.54. The monoisotopic (exact) mass is 660 g/mol. The zero-order valence-corrected chi connectivity index (χ0v) is 25.7. The maximum absolute atomic E-state index is 13.5. The van der Waals surface area contributed by atoms with Gasteiger partial charge in [0.2, 0.25) is 11.8 Å². The van der Waals surface area contributed by atoms with Crippen LogP contribution in [0, 0.1) is 17.3 Å². The van der Waals surface area contributed by atoms with Crippen LogP contribution >= 0.6 is 0 Å². The largest absolute Gasteiger partial charge is 0.457 e. The Bertz CT molecular complexity index is 1440. The maximum Gasteiger partial charge on any atom is 0.404 e. The van der Waals surface area contributed by atoms with Crippen LogP contribution < -0.4 is 20.7 Å². The van der Waals surface area contributed by atoms with E-state index < -0.39 is 66.4 Å². The predicted octanol–water partition coefficient (Wildman–Crippen LogP) is 4.02. The Morgan fingerprint density at radius 1 is 1.07 bits per heavy atom. The highest BCUT2D eigenvalue weighted by molar-refractivity contribution is 6.02. The van der Waals surface area contributed by atoms with E-state index in [1.165, 1.54) is 24.3 Å². The molecule has 4 N–H and O–H groups in total. The van der Waals surface area contributed by atoms with E-state index in [-0.39, 0.29) is 41.5 Å². The van der Waals surface area contributed by atoms with Gasteiger partial charge in [0, 0.05) is 23.4 Å². The summed E-state index contributed by atoms with van der Waals surface area (Å²) in [5, 5.41) is 7.89. The van der Waals surface area contributed by atoms with E-state index in [9.17, 15) is 45.9 Å². The minimum Gasteiger partial charge on any atom is -0.457 e. The van der Waals surface area contributed by atoms with Gasteiger partial charge in [0.1, 0.15) is 17.5 Å². The lowest BCUT2D eigenvalue weighted by atomic mass is 9.89. The number of Topliss-reactive ketones (excluding diaryl/α,β-unsaturated/α-hetero) is 1. The molecule has 2 heterocycles. The number of hydrogen-bond donors (Lipinski definition) is 4. The van der Waals surface area contributed by atoms with Crippen molar-refractivity contribution in [2.24, 2.45) is 17.3 Å². The lowest BCUT2D eigenvalue weighted by molar-refractivity contribution is -0.224. The molecule has 0 saturated carbocycles. The van der Waals surface area contributed by atoms with Gasteiger partial charge in [0.15, 0.2) is 17.8 Å². The molecule has 1 fully saturated rings. The number of halogens is 5. The standard InChI is InChI=1S/C30H37F5N4O7/c1-15(2)11-20(39-26(43)21-13-17-18(37-21)8-5-9-23(17)46-28(31)32)25(42)38-19(12-16-7-6-10-36-24(16)41)22(40)14-45-27(44)29(3,4)30(33,34)35/h5,8-9,13,15-16,19-20,28,37H,6-7,10-12,14H2,1-4H3,(H,36,41)(H,38,42)(H,39,43)/t16-,19-,20-/m0/s1. The van der Waals surface area contributed by atoms with Crippen LogP contribution in [-0.2, 0) is 23.9 Å². The number of hydrogen-bond acceptors (Lipinski definition) is 7. The minimum atomic E-state index is -4.95. The summed E-state index contributed by atoms with van der Waals surface area (Å²) in [7, 11) is 0. The van der Waals surface area contributed by atoms with Gasteiger partial charge >= 0.3 is 18.8 Å². The van der Waals surface area contributed by atoms with Crippen molar-refractivity contribution in [2.45, 2.75) is 78.2 Å². The van der Waals surface area contributed by atoms with Crippen molar-refractivity contribution in [1.29, 1.82) is 0 Å². The maximum atomic E-state index is 13.5. The topological polar surface area (TPSA) is 156 Å². The lowest BCUT2D eigenvalue weighted by Crippen LogP contribution is -2.54. The van der Waals surface area contributed by atoms with Crippen LogP contribution in [0.2, 0.25) is 0 Å². The average Bonchev–Trinajstić information content (AvgIpc) is 3.40. The normalized spacial score (nSPS) is 16.9. The van der Waals surface area contributed by atoms with Gasteiger partial charge in [-0.15, -0.1) is 0 Å². The van der Waals surface area contributed by atoms with Crippen molar-refractivity contribution in [1.82, 2.24) is 20.9 Å². The second kappa shape index (κ2) is 14.9. The number of rotatable bonds is 14. The first-order valence-electron chi connectivity index (χ1n) is 14.6. The van der Waals surface area contributed by atoms with Crippen LogP contribution in [0.3, 0.4) is 0 Å². The first kappa shape index (κ1) is 36.2. The number of esters is 1. The average molecular weight is 661 g/mol. The molecule has 2 aromatic rings. The second-order valence-corrected chi connectivity index (χ2v) is 12.0. The number of ether oxygens (including phenoxy) is 2. The van der Waals surface area contributed by atoms with Gasteiger partial charge < -0.3 is 30.4 Å². The van der Waals surface area contributed by atoms with E-state index in [0.29, 0.717) is 38.8 Å². The van der Waals surface area contributed by atoms with Crippen molar-refractivity contribution >= 4 is 40.4 Å². The Labute approximate surface area is 261 Å². The molecule has 1 aromatic carbocycles. The zero-order chi connectivity index (χ0) is 34.4. The van der Waals surface area contributed by atoms with Gasteiger partial charge in [-0.3, -0.25) is 24.0 Å². The highest BCUT2D eigenvalue weighted by atomic mass is 19.4. The number of fused-ring (bicyclic) bond motifs is 1. The molecule has 3 amide bonds. The van der Waals surface area contributed by atoms with Crippen LogP contribution in [0.1, 0.15) is 63.9 Å². The minimum absolute atomic E-state index is 0.0763. The van der Waals surface area contributed by atoms with Gasteiger partial charge in [-0.25, -0.2) is 0 Å². The van der Waals surface area contributed by atoms with E-state index in [2.05, 4.69) is 25.7 Å². The van der Waals surface area contributed by atoms with Crippen molar-refractivity contribution in [2.75, 3.05) is 13.2 Å². The van der Waals surface area contributed by atoms with Crippen LogP contribution in [0.25, 0.3) is 10.9 Å². The Morgan fingerprint density at radius 2 is 1.76 bits per heavy atom. The summed E-state index contributed by atoms with van der Waals surface area (Å²) in [5.74, 6) is -5.70. The molecule has 46 heavy (non-hydrogen) atoms. The van der Waals surface area contributed by atoms with Gasteiger partial charge in [-0.2, -0.15) is 22.0 Å². The van der Waals surface area contributed by atoms with E-state index in [1.54, 1.807) is 13.8 Å². The molecule has 1 saturated heterocycles. The molecule has 1 aliphatic rings. The molecule has 0 aliphatic carbocycles. The number of amides is 3. The molecule has 254 valence electrons. The molecule has 0 spiro atoms. The number of benzene rings is 1. The van der Waals surface area contributed by atoms with Gasteiger partial charge in [-0.05, 0) is 63.6 Å². The third-order valence-electron chi connectivity index (χ3n) is 7.60. The Hall–Kier alpha value is -4.24. The van der Waals surface area contributed by atoms with E-state index in [0.717, 1.165) is 0 Å². The number of H-pyrrole nitrogens is 1.